The van der Waals surface area contributed by atoms with Crippen molar-refractivity contribution in [2.24, 2.45) is 0 Å². The summed E-state index contributed by atoms with van der Waals surface area (Å²) in [4.78, 5) is 28.9. The number of amides is 1. The number of nitrogens with one attached hydrogen (secondary N) is 2. The van der Waals surface area contributed by atoms with E-state index in [0.29, 0.717) is 17.2 Å². The molecule has 0 fully saturated rings. The number of rotatable bonds is 6. The van der Waals surface area contributed by atoms with E-state index in [0.717, 1.165) is 59.3 Å². The molecule has 0 aliphatic carbocycles. The fraction of sp³-hybridized carbons (Fsp3) is 0.393. The van der Waals surface area contributed by atoms with Gasteiger partial charge in [0.05, 0.1) is 22.6 Å². The average molecular weight is 531 g/mol. The third kappa shape index (κ3) is 5.92. The first kappa shape index (κ1) is 26.0. The van der Waals surface area contributed by atoms with Crippen LogP contribution in [-0.4, -0.2) is 49.1 Å². The summed E-state index contributed by atoms with van der Waals surface area (Å²) in [6.07, 6.45) is 4.32. The van der Waals surface area contributed by atoms with Crippen molar-refractivity contribution in [3.63, 3.8) is 0 Å². The first-order valence-electron chi connectivity index (χ1n) is 12.8. The molecule has 1 aliphatic heterocycles. The Morgan fingerprint density at radius 3 is 2.68 bits per heavy atom. The Balaban J connectivity index is 1.25. The highest BCUT2D eigenvalue weighted by atomic mass is 32.1. The van der Waals surface area contributed by atoms with E-state index in [1.54, 1.807) is 12.5 Å². The molecule has 0 unspecified atom stereocenters. The summed E-state index contributed by atoms with van der Waals surface area (Å²) < 4.78 is 2.08. The van der Waals surface area contributed by atoms with Crippen molar-refractivity contribution in [1.82, 2.24) is 34.9 Å². The molecule has 9 nitrogen and oxygen atoms in total. The molecule has 1 amide bonds. The molecule has 0 atom stereocenters. The fourth-order valence-electron chi connectivity index (χ4n) is 4.44. The average Bonchev–Trinajstić information content (AvgIpc) is 3.47. The second-order valence-corrected chi connectivity index (χ2v) is 11.9. The second kappa shape index (κ2) is 10.6. The van der Waals surface area contributed by atoms with E-state index in [1.165, 1.54) is 17.0 Å². The maximum absolute atomic E-state index is 12.7. The van der Waals surface area contributed by atoms with Gasteiger partial charge in [-0.3, -0.25) is 9.48 Å². The SMILES string of the molecule is Cc1cc(-c2cc(Nc3cc4n(n3)CCCN(C)C4)ncn2)ccc1CNC(=O)c1cnc(C(C)(C)C)s1. The molecule has 2 N–H and O–H groups in total. The van der Waals surface area contributed by atoms with Crippen LogP contribution in [0.3, 0.4) is 0 Å². The molecule has 0 bridgehead atoms. The molecular formula is C28H34N8OS. The van der Waals surface area contributed by atoms with Crippen LogP contribution in [0, 0.1) is 6.92 Å². The predicted molar refractivity (Wildman–Crippen MR) is 151 cm³/mol. The molecule has 4 heterocycles. The Bertz CT molecular complexity index is 1450. The van der Waals surface area contributed by atoms with Crippen LogP contribution in [0.1, 0.15) is 58.7 Å². The van der Waals surface area contributed by atoms with Gasteiger partial charge in [-0.25, -0.2) is 15.0 Å². The number of aromatic nitrogens is 5. The van der Waals surface area contributed by atoms with Gasteiger partial charge >= 0.3 is 0 Å². The highest BCUT2D eigenvalue weighted by Crippen LogP contribution is 2.27. The molecule has 38 heavy (non-hydrogen) atoms. The zero-order valence-corrected chi connectivity index (χ0v) is 23.4. The molecule has 0 saturated carbocycles. The number of carbonyl (C=O) groups excluding carboxylic acids is 1. The van der Waals surface area contributed by atoms with E-state index in [9.17, 15) is 4.79 Å². The van der Waals surface area contributed by atoms with Crippen LogP contribution >= 0.6 is 11.3 Å². The fourth-order valence-corrected chi connectivity index (χ4v) is 5.33. The lowest BCUT2D eigenvalue weighted by molar-refractivity contribution is 0.0954. The number of benzene rings is 1. The van der Waals surface area contributed by atoms with Gasteiger partial charge in [0.1, 0.15) is 17.0 Å². The van der Waals surface area contributed by atoms with Crippen molar-refractivity contribution in [1.29, 1.82) is 0 Å². The van der Waals surface area contributed by atoms with Gasteiger partial charge in [0.25, 0.3) is 5.91 Å². The van der Waals surface area contributed by atoms with Crippen molar-refractivity contribution in [3.8, 4) is 11.3 Å². The molecular weight excluding hydrogens is 496 g/mol. The summed E-state index contributed by atoms with van der Waals surface area (Å²) in [6, 6.07) is 10.2. The number of carbonyl (C=O) groups is 1. The topological polar surface area (TPSA) is 101 Å². The normalized spacial score (nSPS) is 14.1. The number of hydrogen-bond acceptors (Lipinski definition) is 8. The Labute approximate surface area is 227 Å². The predicted octanol–water partition coefficient (Wildman–Crippen LogP) is 4.91. The van der Waals surface area contributed by atoms with E-state index < -0.39 is 0 Å². The zero-order valence-electron chi connectivity index (χ0n) is 22.6. The Morgan fingerprint density at radius 1 is 1.08 bits per heavy atom. The lowest BCUT2D eigenvalue weighted by Crippen LogP contribution is -2.22. The minimum absolute atomic E-state index is 0.0689. The molecule has 3 aromatic heterocycles. The number of thiazole rings is 1. The van der Waals surface area contributed by atoms with Crippen molar-refractivity contribution in [2.45, 2.75) is 59.2 Å². The first-order valence-corrected chi connectivity index (χ1v) is 13.7. The van der Waals surface area contributed by atoms with E-state index >= 15 is 0 Å². The molecule has 0 radical (unpaired) electrons. The number of anilines is 2. The highest BCUT2D eigenvalue weighted by Gasteiger charge is 2.20. The molecule has 198 valence electrons. The summed E-state index contributed by atoms with van der Waals surface area (Å²) in [5.74, 6) is 1.39. The summed E-state index contributed by atoms with van der Waals surface area (Å²) in [5.41, 5.74) is 5.08. The largest absolute Gasteiger partial charge is 0.347 e. The molecule has 10 heteroatoms. The van der Waals surface area contributed by atoms with Gasteiger partial charge in [-0.15, -0.1) is 11.3 Å². The van der Waals surface area contributed by atoms with Crippen LogP contribution in [0.15, 0.2) is 42.9 Å². The lowest BCUT2D eigenvalue weighted by Gasteiger charge is -2.13. The Hall–Kier alpha value is -3.63. The molecule has 0 spiro atoms. The summed E-state index contributed by atoms with van der Waals surface area (Å²) in [7, 11) is 2.14. The molecule has 5 rings (SSSR count). The van der Waals surface area contributed by atoms with Crippen LogP contribution in [0.5, 0.6) is 0 Å². The number of fused-ring (bicyclic) bond motifs is 1. The third-order valence-electron chi connectivity index (χ3n) is 6.58. The van der Waals surface area contributed by atoms with Crippen molar-refractivity contribution >= 4 is 28.9 Å². The monoisotopic (exact) mass is 530 g/mol. The van der Waals surface area contributed by atoms with E-state index in [-0.39, 0.29) is 11.3 Å². The smallest absolute Gasteiger partial charge is 0.263 e. The van der Waals surface area contributed by atoms with Gasteiger partial charge in [-0.2, -0.15) is 5.10 Å². The van der Waals surface area contributed by atoms with Crippen LogP contribution in [0.2, 0.25) is 0 Å². The highest BCUT2D eigenvalue weighted by molar-refractivity contribution is 7.13. The van der Waals surface area contributed by atoms with Crippen molar-refractivity contribution in [3.05, 3.63) is 69.6 Å². The second-order valence-electron chi connectivity index (χ2n) is 10.9. The number of aryl methyl sites for hydroxylation is 2. The van der Waals surface area contributed by atoms with E-state index in [1.807, 2.05) is 25.1 Å². The quantitative estimate of drug-likeness (QED) is 0.365. The maximum Gasteiger partial charge on any atom is 0.263 e. The molecule has 1 aromatic carbocycles. The molecule has 1 aliphatic rings. The van der Waals surface area contributed by atoms with Gasteiger partial charge in [0, 0.05) is 49.3 Å². The van der Waals surface area contributed by atoms with Crippen LogP contribution < -0.4 is 10.6 Å². The molecule has 4 aromatic rings. The van der Waals surface area contributed by atoms with Gasteiger partial charge in [-0.1, -0.05) is 32.9 Å². The Kier molecular flexibility index (Phi) is 7.27. The Morgan fingerprint density at radius 2 is 1.92 bits per heavy atom. The minimum atomic E-state index is -0.101. The third-order valence-corrected chi connectivity index (χ3v) is 8.00. The number of nitrogens with zero attached hydrogens (tertiary/aromatic N) is 6. The lowest BCUT2D eigenvalue weighted by atomic mass is 9.98. The minimum Gasteiger partial charge on any atom is -0.347 e. The van der Waals surface area contributed by atoms with Gasteiger partial charge in [0.15, 0.2) is 5.82 Å². The molecule has 0 saturated heterocycles. The zero-order chi connectivity index (χ0) is 26.9. The van der Waals surface area contributed by atoms with Crippen LogP contribution in [-0.2, 0) is 25.0 Å². The standard InChI is InChI=1S/C28H34N8OS/c1-18-11-19(7-8-20(18)14-29-26(37)23-15-30-27(38-23)28(2,3)4)22-13-24(32-17-31-22)33-25-12-21-16-35(5)9-6-10-36(21)34-25/h7-8,11-13,15,17H,6,9-10,14,16H2,1-5H3,(H,29,37)(H,31,32,33,34). The van der Waals surface area contributed by atoms with Crippen molar-refractivity contribution < 1.29 is 4.79 Å². The maximum atomic E-state index is 12.7. The number of hydrogen-bond donors (Lipinski definition) is 2. The first-order chi connectivity index (χ1) is 18.2. The van der Waals surface area contributed by atoms with Crippen LogP contribution in [0.25, 0.3) is 11.3 Å². The van der Waals surface area contributed by atoms with Gasteiger partial charge in [-0.05, 0) is 37.6 Å². The summed E-state index contributed by atoms with van der Waals surface area (Å²) in [5, 5.41) is 12.0. The van der Waals surface area contributed by atoms with Gasteiger partial charge in [0.2, 0.25) is 0 Å². The van der Waals surface area contributed by atoms with E-state index in [4.69, 9.17) is 5.10 Å². The summed E-state index contributed by atoms with van der Waals surface area (Å²) >= 11 is 1.45. The van der Waals surface area contributed by atoms with E-state index in [2.05, 4.69) is 75.1 Å². The van der Waals surface area contributed by atoms with Gasteiger partial charge < -0.3 is 15.5 Å². The van der Waals surface area contributed by atoms with Crippen molar-refractivity contribution in [2.75, 3.05) is 18.9 Å². The summed E-state index contributed by atoms with van der Waals surface area (Å²) in [6.45, 7) is 11.7. The van der Waals surface area contributed by atoms with Crippen LogP contribution in [0.4, 0.5) is 11.6 Å².